The lowest BCUT2D eigenvalue weighted by Crippen LogP contribution is -2.39. The molecule has 0 saturated carbocycles. The quantitative estimate of drug-likeness (QED) is 0.464. The molecule has 34 heavy (non-hydrogen) atoms. The summed E-state index contributed by atoms with van der Waals surface area (Å²) in [6, 6.07) is 26.5. The highest BCUT2D eigenvalue weighted by molar-refractivity contribution is 5.62. The first-order valence-electron chi connectivity index (χ1n) is 12.0. The molecular formula is C30H33NO3. The molecule has 0 atom stereocenters. The molecule has 1 saturated heterocycles. The van der Waals surface area contributed by atoms with Gasteiger partial charge < -0.3 is 14.6 Å². The van der Waals surface area contributed by atoms with Crippen LogP contribution in [0.2, 0.25) is 0 Å². The van der Waals surface area contributed by atoms with Gasteiger partial charge in [-0.1, -0.05) is 66.7 Å². The first-order valence-corrected chi connectivity index (χ1v) is 12.0. The molecule has 4 rings (SSSR count). The van der Waals surface area contributed by atoms with Crippen LogP contribution in [0.25, 0.3) is 12.2 Å². The highest BCUT2D eigenvalue weighted by atomic mass is 16.5. The normalized spacial score (nSPS) is 18.9. The summed E-state index contributed by atoms with van der Waals surface area (Å²) < 4.78 is 11.1. The van der Waals surface area contributed by atoms with Gasteiger partial charge in [0.25, 0.3) is 0 Å². The summed E-state index contributed by atoms with van der Waals surface area (Å²) in [7, 11) is 0. The summed E-state index contributed by atoms with van der Waals surface area (Å²) in [6.45, 7) is 7.50. The van der Waals surface area contributed by atoms with Gasteiger partial charge in [0.15, 0.2) is 0 Å². The average Bonchev–Trinajstić information content (AvgIpc) is 2.85. The highest BCUT2D eigenvalue weighted by Crippen LogP contribution is 2.27. The van der Waals surface area contributed by atoms with Crippen LogP contribution in [-0.4, -0.2) is 42.4 Å². The molecule has 3 aromatic rings. The molecule has 1 aliphatic heterocycles. The molecule has 0 unspecified atom stereocenters. The summed E-state index contributed by atoms with van der Waals surface area (Å²) in [5.41, 5.74) is 5.35. The highest BCUT2D eigenvalue weighted by Gasteiger charge is 2.26. The van der Waals surface area contributed by atoms with E-state index in [0.29, 0.717) is 26.3 Å². The maximum Gasteiger partial charge on any atom is 0.119 e. The van der Waals surface area contributed by atoms with Crippen molar-refractivity contribution in [3.63, 3.8) is 0 Å². The van der Waals surface area contributed by atoms with Crippen LogP contribution in [-0.2, 0) is 6.54 Å². The zero-order valence-corrected chi connectivity index (χ0v) is 20.0. The second-order valence-corrected chi connectivity index (χ2v) is 8.48. The van der Waals surface area contributed by atoms with Crippen LogP contribution in [0.5, 0.6) is 11.5 Å². The molecule has 3 aromatic carbocycles. The van der Waals surface area contributed by atoms with Crippen molar-refractivity contribution in [2.45, 2.75) is 26.5 Å². The van der Waals surface area contributed by atoms with Gasteiger partial charge in [-0.25, -0.2) is 0 Å². The Balaban J connectivity index is 1.61. The number of benzene rings is 3. The van der Waals surface area contributed by atoms with E-state index in [0.717, 1.165) is 40.3 Å². The van der Waals surface area contributed by atoms with Crippen LogP contribution in [0.3, 0.4) is 0 Å². The Morgan fingerprint density at radius 2 is 1.21 bits per heavy atom. The van der Waals surface area contributed by atoms with Crippen molar-refractivity contribution in [2.24, 2.45) is 0 Å². The van der Waals surface area contributed by atoms with E-state index in [1.165, 1.54) is 5.56 Å². The van der Waals surface area contributed by atoms with Gasteiger partial charge in [0, 0.05) is 19.6 Å². The average molecular weight is 456 g/mol. The first-order chi connectivity index (χ1) is 16.6. The predicted molar refractivity (Wildman–Crippen MR) is 139 cm³/mol. The number of rotatable bonds is 8. The van der Waals surface area contributed by atoms with Gasteiger partial charge in [-0.2, -0.15) is 0 Å². The number of ether oxygens (including phenoxy) is 2. The van der Waals surface area contributed by atoms with Crippen molar-refractivity contribution in [3.8, 4) is 11.5 Å². The summed E-state index contributed by atoms with van der Waals surface area (Å²) in [5.74, 6) is 1.71. The molecule has 0 bridgehead atoms. The van der Waals surface area contributed by atoms with Crippen LogP contribution in [0.15, 0.2) is 90.0 Å². The van der Waals surface area contributed by atoms with E-state index in [9.17, 15) is 5.11 Å². The van der Waals surface area contributed by atoms with Gasteiger partial charge in [-0.15, -0.1) is 0 Å². The van der Waals surface area contributed by atoms with Gasteiger partial charge in [0.1, 0.15) is 11.5 Å². The van der Waals surface area contributed by atoms with Gasteiger partial charge in [0.05, 0.1) is 19.3 Å². The molecule has 0 amide bonds. The third kappa shape index (κ3) is 6.37. The lowest BCUT2D eigenvalue weighted by molar-refractivity contribution is 0.180. The maximum absolute atomic E-state index is 11.3. The Morgan fingerprint density at radius 1 is 0.735 bits per heavy atom. The molecule has 1 aliphatic rings. The number of hydrogen-bond acceptors (Lipinski definition) is 4. The minimum absolute atomic E-state index is 0.620. The Hall–Kier alpha value is -3.34. The van der Waals surface area contributed by atoms with Crippen LogP contribution in [0.1, 0.15) is 30.5 Å². The third-order valence-electron chi connectivity index (χ3n) is 5.85. The van der Waals surface area contributed by atoms with Crippen molar-refractivity contribution in [2.75, 3.05) is 26.3 Å². The Kier molecular flexibility index (Phi) is 8.18. The van der Waals surface area contributed by atoms with E-state index in [4.69, 9.17) is 9.47 Å². The van der Waals surface area contributed by atoms with Gasteiger partial charge >= 0.3 is 0 Å². The fourth-order valence-electron chi connectivity index (χ4n) is 4.27. The van der Waals surface area contributed by atoms with Crippen LogP contribution >= 0.6 is 0 Å². The Morgan fingerprint density at radius 3 is 1.65 bits per heavy atom. The monoisotopic (exact) mass is 455 g/mol. The largest absolute Gasteiger partial charge is 0.494 e. The number of nitrogens with zero attached hydrogens (tertiary/aromatic N) is 1. The standard InChI is InChI=1S/C30H33NO3/c1-3-33-28-14-10-23(11-15-28)18-26-21-31(20-25-8-6-5-7-9-25)22-27(30(26)32)19-24-12-16-29(17-13-24)34-4-2/h5-19,30,32H,3-4,20-22H2,1-2H3. The SMILES string of the molecule is CCOc1ccc(C=C2CN(Cc3ccccc3)CC(=Cc3ccc(OCC)cc3)C2O)cc1. The topological polar surface area (TPSA) is 41.9 Å². The minimum atomic E-state index is -0.620. The van der Waals surface area contributed by atoms with E-state index in [1.807, 2.05) is 68.4 Å². The molecular weight excluding hydrogens is 422 g/mol. The van der Waals surface area contributed by atoms with E-state index < -0.39 is 6.10 Å². The van der Waals surface area contributed by atoms with Crippen molar-refractivity contribution in [1.29, 1.82) is 0 Å². The summed E-state index contributed by atoms with van der Waals surface area (Å²) in [6.07, 6.45) is 3.58. The van der Waals surface area contributed by atoms with Crippen molar-refractivity contribution >= 4 is 12.2 Å². The molecule has 0 radical (unpaired) electrons. The second kappa shape index (κ2) is 11.7. The van der Waals surface area contributed by atoms with Gasteiger partial charge in [-0.3, -0.25) is 4.90 Å². The second-order valence-electron chi connectivity index (χ2n) is 8.48. The fourth-order valence-corrected chi connectivity index (χ4v) is 4.27. The van der Waals surface area contributed by atoms with Gasteiger partial charge in [0.2, 0.25) is 0 Å². The fraction of sp³-hybridized carbons (Fsp3) is 0.267. The molecule has 0 aliphatic carbocycles. The first kappa shape index (κ1) is 23.8. The predicted octanol–water partition coefficient (Wildman–Crippen LogP) is 5.83. The van der Waals surface area contributed by atoms with E-state index in [-0.39, 0.29) is 0 Å². The summed E-state index contributed by atoms with van der Waals surface area (Å²) >= 11 is 0. The third-order valence-corrected chi connectivity index (χ3v) is 5.85. The number of hydrogen-bond donors (Lipinski definition) is 1. The van der Waals surface area contributed by atoms with Crippen molar-refractivity contribution in [1.82, 2.24) is 4.90 Å². The molecule has 1 fully saturated rings. The Bertz CT molecular complexity index is 1030. The van der Waals surface area contributed by atoms with Crippen LogP contribution in [0.4, 0.5) is 0 Å². The van der Waals surface area contributed by atoms with Crippen LogP contribution in [0, 0.1) is 0 Å². The van der Waals surface area contributed by atoms with E-state index >= 15 is 0 Å². The smallest absolute Gasteiger partial charge is 0.119 e. The molecule has 4 heteroatoms. The molecule has 1 heterocycles. The Labute approximate surface area is 202 Å². The van der Waals surface area contributed by atoms with E-state index in [1.54, 1.807) is 0 Å². The number of piperidine rings is 1. The number of likely N-dealkylation sites (tertiary alicyclic amines) is 1. The molecule has 0 spiro atoms. The minimum Gasteiger partial charge on any atom is -0.494 e. The molecule has 4 nitrogen and oxygen atoms in total. The summed E-state index contributed by atoms with van der Waals surface area (Å²) in [5, 5.41) is 11.3. The van der Waals surface area contributed by atoms with Crippen molar-refractivity contribution < 1.29 is 14.6 Å². The number of aliphatic hydroxyl groups excluding tert-OH is 1. The summed E-state index contributed by atoms with van der Waals surface area (Å²) in [4.78, 5) is 2.38. The van der Waals surface area contributed by atoms with Crippen LogP contribution < -0.4 is 9.47 Å². The zero-order chi connectivity index (χ0) is 23.8. The molecule has 1 N–H and O–H groups in total. The molecule has 0 aromatic heterocycles. The zero-order valence-electron chi connectivity index (χ0n) is 20.0. The lowest BCUT2D eigenvalue weighted by Gasteiger charge is -2.34. The lowest BCUT2D eigenvalue weighted by atomic mass is 9.92. The van der Waals surface area contributed by atoms with Crippen molar-refractivity contribution in [3.05, 3.63) is 107 Å². The van der Waals surface area contributed by atoms with Gasteiger partial charge in [-0.05, 0) is 65.9 Å². The molecule has 176 valence electrons. The number of aliphatic hydroxyl groups is 1. The maximum atomic E-state index is 11.3. The van der Waals surface area contributed by atoms with E-state index in [2.05, 4.69) is 41.3 Å².